The molecule has 52 heavy (non-hydrogen) atoms. The third-order valence-electron chi connectivity index (χ3n) is 10.0. The molecule has 244 valence electrons. The van der Waals surface area contributed by atoms with Gasteiger partial charge < -0.3 is 9.32 Å². The predicted octanol–water partition coefficient (Wildman–Crippen LogP) is 13.9. The average molecular weight is 702 g/mol. The standard InChI is InChI=1S/C46H27N3OS2/c1-2-10-30(11-3-1)45-47-48-46(50-45)31-14-18-32(19-15-31)49(33-20-24-37-39-22-16-28-8-4-6-12-35(28)43(39)51-41(37)26-33)34-21-25-38-40-23-17-29-9-5-7-13-36(29)44(40)52-42(38)27-34/h1-27H. The molecule has 0 aliphatic carbocycles. The first-order valence-corrected chi connectivity index (χ1v) is 18.9. The first kappa shape index (κ1) is 29.4. The first-order valence-electron chi connectivity index (χ1n) is 17.2. The van der Waals surface area contributed by atoms with Crippen LogP contribution in [-0.4, -0.2) is 10.2 Å². The molecule has 11 aromatic rings. The predicted molar refractivity (Wildman–Crippen MR) is 221 cm³/mol. The van der Waals surface area contributed by atoms with E-state index in [2.05, 4.69) is 149 Å². The quantitative estimate of drug-likeness (QED) is 0.179. The van der Waals surface area contributed by atoms with Gasteiger partial charge in [0.1, 0.15) is 0 Å². The van der Waals surface area contributed by atoms with E-state index in [1.807, 2.05) is 53.0 Å². The molecule has 0 radical (unpaired) electrons. The zero-order chi connectivity index (χ0) is 34.2. The molecule has 3 aromatic heterocycles. The molecular weight excluding hydrogens is 675 g/mol. The van der Waals surface area contributed by atoms with Gasteiger partial charge in [0.2, 0.25) is 11.8 Å². The molecule has 0 atom stereocenters. The van der Waals surface area contributed by atoms with Crippen molar-refractivity contribution in [1.82, 2.24) is 10.2 Å². The van der Waals surface area contributed by atoms with Crippen LogP contribution in [0.4, 0.5) is 17.1 Å². The molecule has 6 heteroatoms. The normalized spacial score (nSPS) is 11.8. The minimum Gasteiger partial charge on any atom is -0.416 e. The monoisotopic (exact) mass is 701 g/mol. The second-order valence-electron chi connectivity index (χ2n) is 13.1. The largest absolute Gasteiger partial charge is 0.416 e. The van der Waals surface area contributed by atoms with Crippen LogP contribution in [0.3, 0.4) is 0 Å². The van der Waals surface area contributed by atoms with E-state index in [-0.39, 0.29) is 0 Å². The van der Waals surface area contributed by atoms with Gasteiger partial charge in [0.25, 0.3) is 0 Å². The highest BCUT2D eigenvalue weighted by Crippen LogP contribution is 2.45. The first-order chi connectivity index (χ1) is 25.7. The Hall–Kier alpha value is -6.34. The number of rotatable bonds is 5. The Kier molecular flexibility index (Phi) is 6.56. The molecule has 8 aromatic carbocycles. The van der Waals surface area contributed by atoms with Gasteiger partial charge in [0.05, 0.1) is 0 Å². The summed E-state index contributed by atoms with van der Waals surface area (Å²) in [5.41, 5.74) is 5.02. The fourth-order valence-electron chi connectivity index (χ4n) is 7.50. The SMILES string of the molecule is c1ccc(-c2nnc(-c3ccc(N(c4ccc5c(c4)sc4c6ccccc6ccc54)c4ccc5c(c4)sc4c6ccccc6ccc54)cc3)o2)cc1. The summed E-state index contributed by atoms with van der Waals surface area (Å²) in [5.74, 6) is 1.00. The van der Waals surface area contributed by atoms with Gasteiger partial charge in [-0.1, -0.05) is 103 Å². The Morgan fingerprint density at radius 1 is 0.385 bits per heavy atom. The lowest BCUT2D eigenvalue weighted by Gasteiger charge is -2.26. The molecule has 0 aliphatic rings. The molecule has 4 nitrogen and oxygen atoms in total. The summed E-state index contributed by atoms with van der Waals surface area (Å²) in [4.78, 5) is 2.36. The number of hydrogen-bond donors (Lipinski definition) is 0. The van der Waals surface area contributed by atoms with Crippen molar-refractivity contribution in [1.29, 1.82) is 0 Å². The summed E-state index contributed by atoms with van der Waals surface area (Å²) in [7, 11) is 0. The molecule has 11 rings (SSSR count). The Morgan fingerprint density at radius 2 is 0.846 bits per heavy atom. The van der Waals surface area contributed by atoms with Crippen LogP contribution in [0.1, 0.15) is 0 Å². The van der Waals surface area contributed by atoms with Crippen molar-refractivity contribution in [2.75, 3.05) is 4.90 Å². The second-order valence-corrected chi connectivity index (χ2v) is 15.2. The second kappa shape index (κ2) is 11.6. The molecule has 0 saturated carbocycles. The molecule has 0 saturated heterocycles. The minimum absolute atomic E-state index is 0.495. The molecule has 0 unspecified atom stereocenters. The zero-order valence-corrected chi connectivity index (χ0v) is 29.3. The van der Waals surface area contributed by atoms with E-state index < -0.39 is 0 Å². The van der Waals surface area contributed by atoms with Gasteiger partial charge in [-0.15, -0.1) is 32.9 Å². The van der Waals surface area contributed by atoms with Gasteiger partial charge in [-0.05, 0) is 82.2 Å². The minimum atomic E-state index is 0.495. The molecule has 0 bridgehead atoms. The zero-order valence-electron chi connectivity index (χ0n) is 27.7. The van der Waals surface area contributed by atoms with Crippen molar-refractivity contribution in [3.63, 3.8) is 0 Å². The summed E-state index contributed by atoms with van der Waals surface area (Å²) >= 11 is 3.74. The topological polar surface area (TPSA) is 42.2 Å². The van der Waals surface area contributed by atoms with Gasteiger partial charge in [0.15, 0.2) is 0 Å². The lowest BCUT2D eigenvalue weighted by Crippen LogP contribution is -2.09. The molecule has 0 amide bonds. The molecule has 0 fully saturated rings. The number of hydrogen-bond acceptors (Lipinski definition) is 6. The van der Waals surface area contributed by atoms with Crippen LogP contribution < -0.4 is 4.90 Å². The summed E-state index contributed by atoms with van der Waals surface area (Å²) in [6, 6.07) is 58.4. The fourth-order valence-corrected chi connectivity index (χ4v) is 10.0. The fraction of sp³-hybridized carbons (Fsp3) is 0. The van der Waals surface area contributed by atoms with Gasteiger partial charge in [-0.3, -0.25) is 0 Å². The maximum atomic E-state index is 6.11. The summed E-state index contributed by atoms with van der Waals surface area (Å²) in [6.07, 6.45) is 0. The molecule has 3 heterocycles. The van der Waals surface area contributed by atoms with E-state index in [9.17, 15) is 0 Å². The summed E-state index contributed by atoms with van der Waals surface area (Å²) < 4.78 is 11.3. The van der Waals surface area contributed by atoms with E-state index in [4.69, 9.17) is 4.42 Å². The highest BCUT2D eigenvalue weighted by atomic mass is 32.1. The molecule has 0 spiro atoms. The molecule has 0 aliphatic heterocycles. The van der Waals surface area contributed by atoms with Crippen molar-refractivity contribution in [3.8, 4) is 22.9 Å². The Morgan fingerprint density at radius 3 is 1.40 bits per heavy atom. The number of benzene rings is 8. The number of nitrogens with zero attached hydrogens (tertiary/aromatic N) is 3. The number of thiophene rings is 2. The number of anilines is 3. The van der Waals surface area contributed by atoms with E-state index in [0.29, 0.717) is 11.8 Å². The van der Waals surface area contributed by atoms with Crippen LogP contribution in [0.2, 0.25) is 0 Å². The highest BCUT2D eigenvalue weighted by Gasteiger charge is 2.19. The third-order valence-corrected chi connectivity index (χ3v) is 12.4. The maximum Gasteiger partial charge on any atom is 0.248 e. The van der Waals surface area contributed by atoms with Crippen molar-refractivity contribution < 1.29 is 4.42 Å². The lowest BCUT2D eigenvalue weighted by atomic mass is 10.0. The number of aromatic nitrogens is 2. The Labute approximate surface area is 306 Å². The Bertz CT molecular complexity index is 2990. The van der Waals surface area contributed by atoms with Crippen molar-refractivity contribution in [2.45, 2.75) is 0 Å². The summed E-state index contributed by atoms with van der Waals surface area (Å²) in [6.45, 7) is 0. The van der Waals surface area contributed by atoms with Gasteiger partial charge in [-0.25, -0.2) is 0 Å². The Balaban J connectivity index is 1.06. The van der Waals surface area contributed by atoms with E-state index in [0.717, 1.165) is 28.2 Å². The number of fused-ring (bicyclic) bond motifs is 10. The van der Waals surface area contributed by atoms with Crippen LogP contribution in [0.25, 0.3) is 84.8 Å². The molecule has 0 N–H and O–H groups in total. The van der Waals surface area contributed by atoms with Crippen molar-refractivity contribution in [3.05, 3.63) is 164 Å². The highest BCUT2D eigenvalue weighted by molar-refractivity contribution is 7.27. The average Bonchev–Trinajstić information content (AvgIpc) is 3.94. The van der Waals surface area contributed by atoms with Gasteiger partial charge in [0, 0.05) is 68.5 Å². The third kappa shape index (κ3) is 4.65. The van der Waals surface area contributed by atoms with Crippen LogP contribution in [-0.2, 0) is 0 Å². The van der Waals surface area contributed by atoms with Gasteiger partial charge >= 0.3 is 0 Å². The van der Waals surface area contributed by atoms with E-state index in [1.165, 1.54) is 61.9 Å². The van der Waals surface area contributed by atoms with Crippen LogP contribution in [0.5, 0.6) is 0 Å². The van der Waals surface area contributed by atoms with Gasteiger partial charge in [-0.2, -0.15) is 0 Å². The van der Waals surface area contributed by atoms with E-state index in [1.54, 1.807) is 0 Å². The smallest absolute Gasteiger partial charge is 0.248 e. The van der Waals surface area contributed by atoms with Crippen molar-refractivity contribution in [2.24, 2.45) is 0 Å². The maximum absolute atomic E-state index is 6.11. The lowest BCUT2D eigenvalue weighted by molar-refractivity contribution is 0.584. The van der Waals surface area contributed by atoms with Crippen molar-refractivity contribution >= 4 is 102 Å². The van der Waals surface area contributed by atoms with E-state index >= 15 is 0 Å². The van der Waals surface area contributed by atoms with Crippen LogP contribution in [0, 0.1) is 0 Å². The van der Waals surface area contributed by atoms with Crippen LogP contribution >= 0.6 is 22.7 Å². The summed E-state index contributed by atoms with van der Waals surface area (Å²) in [5, 5.41) is 19.0. The molecular formula is C46H27N3OS2. The van der Waals surface area contributed by atoms with Crippen LogP contribution in [0.15, 0.2) is 168 Å².